The highest BCUT2D eigenvalue weighted by molar-refractivity contribution is 5.95. The van der Waals surface area contributed by atoms with Crippen molar-refractivity contribution >= 4 is 5.91 Å². The van der Waals surface area contributed by atoms with Gasteiger partial charge in [-0.25, -0.2) is 0 Å². The van der Waals surface area contributed by atoms with Crippen LogP contribution in [0.15, 0.2) is 18.2 Å². The Labute approximate surface area is 129 Å². The first-order valence-electron chi connectivity index (χ1n) is 7.98. The molecule has 1 aromatic rings. The summed E-state index contributed by atoms with van der Waals surface area (Å²) >= 11 is 0. The fourth-order valence-electron chi connectivity index (χ4n) is 2.43. The Bertz CT molecular complexity index is 547. The summed E-state index contributed by atoms with van der Waals surface area (Å²) in [5.41, 5.74) is 3.57. The van der Waals surface area contributed by atoms with Crippen molar-refractivity contribution in [2.75, 3.05) is 7.05 Å². The van der Waals surface area contributed by atoms with Crippen LogP contribution < -0.4 is 0 Å². The quantitative estimate of drug-likeness (QED) is 0.787. The second kappa shape index (κ2) is 5.15. The highest BCUT2D eigenvalue weighted by Crippen LogP contribution is 2.48. The third-order valence-corrected chi connectivity index (χ3v) is 4.88. The molecule has 21 heavy (non-hydrogen) atoms. The number of rotatable bonds is 3. The lowest BCUT2D eigenvalue weighted by atomic mass is 9.90. The van der Waals surface area contributed by atoms with Crippen molar-refractivity contribution in [1.82, 2.24) is 4.90 Å². The van der Waals surface area contributed by atoms with E-state index in [0.717, 1.165) is 5.56 Å². The lowest BCUT2D eigenvalue weighted by Crippen LogP contribution is -2.42. The van der Waals surface area contributed by atoms with Crippen LogP contribution in [0.1, 0.15) is 81.8 Å². The number of nitrogens with zero attached hydrogens (tertiary/aromatic N) is 1. The average molecular weight is 287 g/mol. The SMILES string of the molecule is CC(C)c1cc(C(=O)N(C)C(C)(C)C)cc(C2(C)CC2)c1. The molecule has 0 spiro atoms. The zero-order valence-electron chi connectivity index (χ0n) is 14.6. The molecule has 1 saturated carbocycles. The van der Waals surface area contributed by atoms with Crippen molar-refractivity contribution in [3.8, 4) is 0 Å². The molecule has 1 fully saturated rings. The van der Waals surface area contributed by atoms with Crippen LogP contribution in [0.2, 0.25) is 0 Å². The summed E-state index contributed by atoms with van der Waals surface area (Å²) in [6, 6.07) is 6.49. The molecule has 116 valence electrons. The number of hydrogen-bond donors (Lipinski definition) is 0. The first-order valence-corrected chi connectivity index (χ1v) is 7.98. The molecular formula is C19H29NO. The highest BCUT2D eigenvalue weighted by Gasteiger charge is 2.39. The molecule has 2 rings (SSSR count). The first-order chi connectivity index (χ1) is 9.54. The molecule has 0 aliphatic heterocycles. The molecule has 0 saturated heterocycles. The number of carbonyl (C=O) groups excluding carboxylic acids is 1. The van der Waals surface area contributed by atoms with Crippen LogP contribution in [0.25, 0.3) is 0 Å². The maximum atomic E-state index is 12.8. The molecule has 1 amide bonds. The van der Waals surface area contributed by atoms with E-state index in [1.165, 1.54) is 24.0 Å². The summed E-state index contributed by atoms with van der Waals surface area (Å²) in [5, 5.41) is 0. The van der Waals surface area contributed by atoms with Gasteiger partial charge < -0.3 is 4.90 Å². The van der Waals surface area contributed by atoms with Gasteiger partial charge in [0.05, 0.1) is 0 Å². The molecule has 1 aliphatic rings. The van der Waals surface area contributed by atoms with Crippen LogP contribution >= 0.6 is 0 Å². The van der Waals surface area contributed by atoms with Crippen LogP contribution in [0.5, 0.6) is 0 Å². The minimum absolute atomic E-state index is 0.121. The van der Waals surface area contributed by atoms with Gasteiger partial charge in [0.2, 0.25) is 0 Å². The van der Waals surface area contributed by atoms with E-state index in [2.05, 4.69) is 59.7 Å². The van der Waals surface area contributed by atoms with Gasteiger partial charge in [-0.15, -0.1) is 0 Å². The number of carbonyl (C=O) groups is 1. The largest absolute Gasteiger partial charge is 0.337 e. The Hall–Kier alpha value is -1.31. The van der Waals surface area contributed by atoms with Crippen LogP contribution in [-0.2, 0) is 5.41 Å². The summed E-state index contributed by atoms with van der Waals surface area (Å²) in [6.45, 7) is 12.9. The van der Waals surface area contributed by atoms with Crippen molar-refractivity contribution in [3.63, 3.8) is 0 Å². The van der Waals surface area contributed by atoms with Crippen molar-refractivity contribution < 1.29 is 4.79 Å². The summed E-state index contributed by atoms with van der Waals surface area (Å²) in [5.74, 6) is 0.564. The van der Waals surface area contributed by atoms with Gasteiger partial charge in [-0.3, -0.25) is 4.79 Å². The van der Waals surface area contributed by atoms with E-state index >= 15 is 0 Å². The summed E-state index contributed by atoms with van der Waals surface area (Å²) < 4.78 is 0. The van der Waals surface area contributed by atoms with Gasteiger partial charge >= 0.3 is 0 Å². The maximum absolute atomic E-state index is 12.8. The zero-order chi connectivity index (χ0) is 16.0. The second-order valence-electron chi connectivity index (χ2n) is 8.09. The van der Waals surface area contributed by atoms with E-state index in [9.17, 15) is 4.79 Å². The second-order valence-corrected chi connectivity index (χ2v) is 8.09. The predicted octanol–water partition coefficient (Wildman–Crippen LogP) is 4.73. The van der Waals surface area contributed by atoms with E-state index in [1.807, 2.05) is 11.9 Å². The molecule has 0 N–H and O–H groups in total. The number of amides is 1. The average Bonchev–Trinajstić information content (AvgIpc) is 3.14. The Morgan fingerprint density at radius 2 is 1.76 bits per heavy atom. The maximum Gasteiger partial charge on any atom is 0.254 e. The van der Waals surface area contributed by atoms with Crippen LogP contribution in [-0.4, -0.2) is 23.4 Å². The molecule has 0 aromatic heterocycles. The third-order valence-electron chi connectivity index (χ3n) is 4.88. The number of hydrogen-bond acceptors (Lipinski definition) is 1. The Morgan fingerprint density at radius 1 is 1.19 bits per heavy atom. The van der Waals surface area contributed by atoms with Crippen LogP contribution in [0, 0.1) is 0 Å². The molecule has 1 aromatic carbocycles. The van der Waals surface area contributed by atoms with Gasteiger partial charge in [-0.05, 0) is 68.2 Å². The van der Waals surface area contributed by atoms with Crippen molar-refractivity contribution in [2.45, 2.75) is 71.3 Å². The standard InChI is InChI=1S/C19H29NO/c1-13(2)14-10-15(17(21)20(7)18(3,4)5)12-16(11-14)19(6)8-9-19/h10-13H,8-9H2,1-7H3. The van der Waals surface area contributed by atoms with Gasteiger partial charge in [-0.2, -0.15) is 0 Å². The fourth-order valence-corrected chi connectivity index (χ4v) is 2.43. The lowest BCUT2D eigenvalue weighted by molar-refractivity contribution is 0.0655. The lowest BCUT2D eigenvalue weighted by Gasteiger charge is -2.32. The topological polar surface area (TPSA) is 20.3 Å². The van der Waals surface area contributed by atoms with Crippen LogP contribution in [0.3, 0.4) is 0 Å². The van der Waals surface area contributed by atoms with Gasteiger partial charge in [0, 0.05) is 18.2 Å². The fraction of sp³-hybridized carbons (Fsp3) is 0.632. The molecule has 2 nitrogen and oxygen atoms in total. The molecule has 0 bridgehead atoms. The van der Waals surface area contributed by atoms with Crippen LogP contribution in [0.4, 0.5) is 0 Å². The van der Waals surface area contributed by atoms with E-state index in [4.69, 9.17) is 0 Å². The molecule has 0 unspecified atom stereocenters. The smallest absolute Gasteiger partial charge is 0.254 e. The van der Waals surface area contributed by atoms with Crippen molar-refractivity contribution in [1.29, 1.82) is 0 Å². The third kappa shape index (κ3) is 3.30. The summed E-state index contributed by atoms with van der Waals surface area (Å²) in [7, 11) is 1.89. The van der Waals surface area contributed by atoms with Gasteiger partial charge in [0.25, 0.3) is 5.91 Å². The summed E-state index contributed by atoms with van der Waals surface area (Å²) in [4.78, 5) is 14.6. The molecule has 0 radical (unpaired) electrons. The Balaban J connectivity index is 2.43. The first kappa shape index (κ1) is 16.1. The van der Waals surface area contributed by atoms with Gasteiger partial charge in [-0.1, -0.05) is 26.8 Å². The highest BCUT2D eigenvalue weighted by atomic mass is 16.2. The van der Waals surface area contributed by atoms with E-state index < -0.39 is 0 Å². The molecule has 0 heterocycles. The van der Waals surface area contributed by atoms with E-state index in [-0.39, 0.29) is 11.4 Å². The Morgan fingerprint density at radius 3 is 2.19 bits per heavy atom. The summed E-state index contributed by atoms with van der Waals surface area (Å²) in [6.07, 6.45) is 2.47. The van der Waals surface area contributed by atoms with E-state index in [0.29, 0.717) is 11.3 Å². The van der Waals surface area contributed by atoms with Crippen molar-refractivity contribution in [3.05, 3.63) is 34.9 Å². The number of benzene rings is 1. The minimum Gasteiger partial charge on any atom is -0.337 e. The minimum atomic E-state index is -0.158. The molecular weight excluding hydrogens is 258 g/mol. The Kier molecular flexibility index (Phi) is 3.94. The normalized spacial score (nSPS) is 17.0. The van der Waals surface area contributed by atoms with E-state index in [1.54, 1.807) is 0 Å². The predicted molar refractivity (Wildman–Crippen MR) is 89.0 cm³/mol. The van der Waals surface area contributed by atoms with Gasteiger partial charge in [0.15, 0.2) is 0 Å². The van der Waals surface area contributed by atoms with Crippen molar-refractivity contribution in [2.24, 2.45) is 0 Å². The monoisotopic (exact) mass is 287 g/mol. The molecule has 2 heteroatoms. The zero-order valence-corrected chi connectivity index (χ0v) is 14.6. The van der Waals surface area contributed by atoms with Gasteiger partial charge in [0.1, 0.15) is 0 Å². The molecule has 0 atom stereocenters. The molecule has 1 aliphatic carbocycles.